The van der Waals surface area contributed by atoms with E-state index in [1.54, 1.807) is 0 Å². The lowest BCUT2D eigenvalue weighted by Crippen LogP contribution is -2.26. The van der Waals surface area contributed by atoms with E-state index in [0.29, 0.717) is 0 Å². The summed E-state index contributed by atoms with van der Waals surface area (Å²) in [5.74, 6) is -1.65. The molecule has 0 aromatic heterocycles. The van der Waals surface area contributed by atoms with Crippen LogP contribution in [0.3, 0.4) is 0 Å². The lowest BCUT2D eigenvalue weighted by molar-refractivity contribution is -0.141. The molecule has 0 bridgehead atoms. The summed E-state index contributed by atoms with van der Waals surface area (Å²) in [5, 5.41) is 8.93. The van der Waals surface area contributed by atoms with Gasteiger partial charge >= 0.3 is 5.97 Å². The summed E-state index contributed by atoms with van der Waals surface area (Å²) < 4.78 is 0.847. The van der Waals surface area contributed by atoms with Crippen LogP contribution in [0.15, 0.2) is 22.7 Å². The Labute approximate surface area is 107 Å². The molecule has 0 spiro atoms. The number of aryl methyl sites for hydroxylation is 1. The number of aliphatic carboxylic acids is 1. The first-order chi connectivity index (χ1) is 8.00. The van der Waals surface area contributed by atoms with E-state index in [-0.39, 0.29) is 18.9 Å². The summed E-state index contributed by atoms with van der Waals surface area (Å²) in [6.07, 6.45) is 0.0791. The smallest absolute Gasteiger partial charge is 0.308 e. The van der Waals surface area contributed by atoms with Crippen molar-refractivity contribution in [3.05, 3.63) is 28.2 Å². The van der Waals surface area contributed by atoms with Crippen molar-refractivity contribution < 1.29 is 14.7 Å². The first-order valence-electron chi connectivity index (χ1n) is 5.29. The molecule has 2 rings (SSSR count). The fourth-order valence-corrected chi connectivity index (χ4v) is 2.42. The predicted molar refractivity (Wildman–Crippen MR) is 67.0 cm³/mol. The number of anilines is 1. The number of carbonyl (C=O) groups excluding carboxylic acids is 1. The van der Waals surface area contributed by atoms with Crippen LogP contribution in [0.25, 0.3) is 0 Å². The third kappa shape index (κ3) is 2.20. The van der Waals surface area contributed by atoms with Crippen molar-refractivity contribution in [3.63, 3.8) is 0 Å². The molecule has 17 heavy (non-hydrogen) atoms. The Morgan fingerprint density at radius 2 is 2.24 bits per heavy atom. The van der Waals surface area contributed by atoms with Gasteiger partial charge in [0.25, 0.3) is 0 Å². The lowest BCUT2D eigenvalue weighted by Gasteiger charge is -2.18. The second kappa shape index (κ2) is 4.49. The van der Waals surface area contributed by atoms with E-state index >= 15 is 0 Å². The van der Waals surface area contributed by atoms with Gasteiger partial charge in [-0.2, -0.15) is 0 Å². The molecule has 1 aliphatic rings. The number of halogens is 1. The van der Waals surface area contributed by atoms with Crippen LogP contribution in [-0.4, -0.2) is 23.5 Å². The molecule has 1 N–H and O–H groups in total. The zero-order chi connectivity index (χ0) is 12.6. The average molecular weight is 298 g/mol. The van der Waals surface area contributed by atoms with Crippen LogP contribution < -0.4 is 4.90 Å². The third-order valence-corrected chi connectivity index (χ3v) is 3.97. The molecule has 1 unspecified atom stereocenters. The fourth-order valence-electron chi connectivity index (χ4n) is 1.95. The van der Waals surface area contributed by atoms with Crippen molar-refractivity contribution in [1.82, 2.24) is 0 Å². The van der Waals surface area contributed by atoms with E-state index in [0.717, 1.165) is 15.7 Å². The summed E-state index contributed by atoms with van der Waals surface area (Å²) in [7, 11) is 0. The minimum Gasteiger partial charge on any atom is -0.481 e. The highest BCUT2D eigenvalue weighted by molar-refractivity contribution is 9.10. The quantitative estimate of drug-likeness (QED) is 0.910. The Morgan fingerprint density at radius 3 is 2.82 bits per heavy atom. The number of benzene rings is 1. The van der Waals surface area contributed by atoms with E-state index in [2.05, 4.69) is 15.9 Å². The zero-order valence-electron chi connectivity index (χ0n) is 9.31. The van der Waals surface area contributed by atoms with Crippen LogP contribution in [0.5, 0.6) is 0 Å². The largest absolute Gasteiger partial charge is 0.481 e. The van der Waals surface area contributed by atoms with Gasteiger partial charge in [-0.15, -0.1) is 0 Å². The van der Waals surface area contributed by atoms with Gasteiger partial charge in [-0.3, -0.25) is 9.59 Å². The fraction of sp³-hybridized carbons (Fsp3) is 0.333. The Hall–Kier alpha value is -1.36. The Bertz CT molecular complexity index is 487. The lowest BCUT2D eigenvalue weighted by atomic mass is 10.1. The van der Waals surface area contributed by atoms with Gasteiger partial charge in [-0.05, 0) is 34.5 Å². The maximum atomic E-state index is 11.8. The highest BCUT2D eigenvalue weighted by Crippen LogP contribution is 2.33. The number of hydrogen-bond acceptors (Lipinski definition) is 2. The van der Waals surface area contributed by atoms with Crippen LogP contribution in [0, 0.1) is 12.8 Å². The summed E-state index contributed by atoms with van der Waals surface area (Å²) >= 11 is 3.43. The molecular weight excluding hydrogens is 286 g/mol. The second-order valence-corrected chi connectivity index (χ2v) is 4.94. The molecule has 1 saturated heterocycles. The number of hydrogen-bond donors (Lipinski definition) is 1. The maximum Gasteiger partial charge on any atom is 0.308 e. The molecule has 1 aromatic carbocycles. The van der Waals surface area contributed by atoms with Gasteiger partial charge in [0.2, 0.25) is 5.91 Å². The van der Waals surface area contributed by atoms with Crippen molar-refractivity contribution in [2.45, 2.75) is 13.3 Å². The SMILES string of the molecule is Cc1cccc(N2CC(C(=O)O)CC2=O)c1Br. The van der Waals surface area contributed by atoms with Crippen LogP contribution in [0.2, 0.25) is 0 Å². The summed E-state index contributed by atoms with van der Waals surface area (Å²) in [6, 6.07) is 5.61. The van der Waals surface area contributed by atoms with E-state index < -0.39 is 11.9 Å². The first-order valence-corrected chi connectivity index (χ1v) is 6.08. The van der Waals surface area contributed by atoms with Gasteiger partial charge in [0, 0.05) is 17.4 Å². The van der Waals surface area contributed by atoms with Crippen LogP contribution in [0.4, 0.5) is 5.69 Å². The molecule has 1 fully saturated rings. The molecule has 0 radical (unpaired) electrons. The van der Waals surface area contributed by atoms with Crippen molar-refractivity contribution in [2.24, 2.45) is 5.92 Å². The summed E-state index contributed by atoms with van der Waals surface area (Å²) in [5.41, 5.74) is 1.77. The van der Waals surface area contributed by atoms with Crippen LogP contribution in [-0.2, 0) is 9.59 Å². The maximum absolute atomic E-state index is 11.8. The molecule has 1 heterocycles. The molecule has 1 amide bonds. The van der Waals surface area contributed by atoms with E-state index in [1.165, 1.54) is 4.90 Å². The minimum absolute atomic E-state index is 0.0791. The zero-order valence-corrected chi connectivity index (χ0v) is 10.9. The van der Waals surface area contributed by atoms with Gasteiger partial charge in [0.05, 0.1) is 11.6 Å². The van der Waals surface area contributed by atoms with Gasteiger partial charge in [-0.1, -0.05) is 12.1 Å². The van der Waals surface area contributed by atoms with Gasteiger partial charge in [0.1, 0.15) is 0 Å². The molecular formula is C12H12BrNO3. The molecule has 1 atom stereocenters. The molecule has 0 saturated carbocycles. The van der Waals surface area contributed by atoms with E-state index in [4.69, 9.17) is 5.11 Å². The highest BCUT2D eigenvalue weighted by Gasteiger charge is 2.35. The molecule has 0 aliphatic carbocycles. The number of amides is 1. The normalized spacial score (nSPS) is 19.8. The average Bonchev–Trinajstić information content (AvgIpc) is 2.65. The Balaban J connectivity index is 2.32. The Morgan fingerprint density at radius 1 is 1.53 bits per heavy atom. The minimum atomic E-state index is -0.912. The van der Waals surface area contributed by atoms with Crippen molar-refractivity contribution in [2.75, 3.05) is 11.4 Å². The van der Waals surface area contributed by atoms with Gasteiger partial charge in [0.15, 0.2) is 0 Å². The number of nitrogens with zero attached hydrogens (tertiary/aromatic N) is 1. The Kier molecular flexibility index (Phi) is 3.19. The van der Waals surface area contributed by atoms with Crippen molar-refractivity contribution >= 4 is 33.5 Å². The van der Waals surface area contributed by atoms with Crippen LogP contribution in [0.1, 0.15) is 12.0 Å². The van der Waals surface area contributed by atoms with E-state index in [1.807, 2.05) is 25.1 Å². The molecule has 1 aromatic rings. The first kappa shape index (κ1) is 12.1. The number of carboxylic acid groups (broad SMARTS) is 1. The molecule has 90 valence electrons. The highest BCUT2D eigenvalue weighted by atomic mass is 79.9. The van der Waals surface area contributed by atoms with Crippen LogP contribution >= 0.6 is 15.9 Å². The topological polar surface area (TPSA) is 57.6 Å². The standard InChI is InChI=1S/C12H12BrNO3/c1-7-3-2-4-9(11(7)13)14-6-8(12(16)17)5-10(14)15/h2-4,8H,5-6H2,1H3,(H,16,17). The summed E-state index contributed by atoms with van der Waals surface area (Å²) in [4.78, 5) is 24.2. The van der Waals surface area contributed by atoms with Gasteiger partial charge < -0.3 is 10.0 Å². The second-order valence-electron chi connectivity index (χ2n) is 4.15. The van der Waals surface area contributed by atoms with Crippen molar-refractivity contribution in [3.8, 4) is 0 Å². The third-order valence-electron chi connectivity index (χ3n) is 2.94. The van der Waals surface area contributed by atoms with Gasteiger partial charge in [-0.25, -0.2) is 0 Å². The van der Waals surface area contributed by atoms with Crippen molar-refractivity contribution in [1.29, 1.82) is 0 Å². The predicted octanol–water partition coefficient (Wildman–Crippen LogP) is 2.20. The van der Waals surface area contributed by atoms with E-state index in [9.17, 15) is 9.59 Å². The molecule has 1 aliphatic heterocycles. The number of carbonyl (C=O) groups is 2. The number of carboxylic acids is 1. The monoisotopic (exact) mass is 297 g/mol. The number of rotatable bonds is 2. The molecule has 4 nitrogen and oxygen atoms in total. The summed E-state index contributed by atoms with van der Waals surface area (Å²) in [6.45, 7) is 2.18. The molecule has 5 heteroatoms.